The minimum absolute atomic E-state index is 0.00271. The predicted molar refractivity (Wildman–Crippen MR) is 113 cm³/mol. The molecule has 0 atom stereocenters. The summed E-state index contributed by atoms with van der Waals surface area (Å²) in [5, 5.41) is 6.53. The lowest BCUT2D eigenvalue weighted by molar-refractivity contribution is 0.637. The highest BCUT2D eigenvalue weighted by Gasteiger charge is 2.20. The van der Waals surface area contributed by atoms with E-state index in [4.69, 9.17) is 29.6 Å². The Bertz CT molecular complexity index is 1270. The van der Waals surface area contributed by atoms with Crippen molar-refractivity contribution < 1.29 is 4.39 Å². The SMILES string of the molecule is [C-]#[N+]c1c(Cl)cccc1C(=NC)/C(=C\N)c1cc(F)c2c(=O)[nH]nc(CN)c2c1. The summed E-state index contributed by atoms with van der Waals surface area (Å²) in [4.78, 5) is 19.8. The number of aliphatic imine (C=N–C) groups is 1. The first kappa shape index (κ1) is 20.2. The van der Waals surface area contributed by atoms with Crippen LogP contribution in [0.1, 0.15) is 16.8 Å². The molecule has 0 spiro atoms. The lowest BCUT2D eigenvalue weighted by Crippen LogP contribution is -2.15. The van der Waals surface area contributed by atoms with Gasteiger partial charge in [-0.3, -0.25) is 9.79 Å². The molecule has 29 heavy (non-hydrogen) atoms. The van der Waals surface area contributed by atoms with Crippen LogP contribution in [0.25, 0.3) is 21.2 Å². The number of hydrogen-bond acceptors (Lipinski definition) is 5. The summed E-state index contributed by atoms with van der Waals surface area (Å²) in [6.07, 6.45) is 1.26. The number of fused-ring (bicyclic) bond motifs is 1. The third-order valence-electron chi connectivity index (χ3n) is 4.42. The Balaban J connectivity index is 2.29. The molecule has 0 saturated heterocycles. The average molecular weight is 411 g/mol. The molecule has 0 unspecified atom stereocenters. The normalized spacial score (nSPS) is 12.2. The number of nitrogens with zero attached hydrogens (tertiary/aromatic N) is 3. The highest BCUT2D eigenvalue weighted by molar-refractivity contribution is 6.38. The van der Waals surface area contributed by atoms with E-state index in [9.17, 15) is 9.18 Å². The molecule has 0 radical (unpaired) electrons. The molecule has 0 aliphatic carbocycles. The van der Waals surface area contributed by atoms with Crippen LogP contribution in [0, 0.1) is 12.4 Å². The molecular formula is C20H16ClFN6O. The van der Waals surface area contributed by atoms with Gasteiger partial charge in [-0.05, 0) is 17.7 Å². The Morgan fingerprint density at radius 2 is 2.21 bits per heavy atom. The summed E-state index contributed by atoms with van der Waals surface area (Å²) in [5.41, 5.74) is 13.0. The van der Waals surface area contributed by atoms with E-state index in [0.29, 0.717) is 28.1 Å². The molecule has 2 aromatic carbocycles. The third kappa shape index (κ3) is 3.49. The van der Waals surface area contributed by atoms with Crippen molar-refractivity contribution in [2.45, 2.75) is 6.54 Å². The van der Waals surface area contributed by atoms with Crippen molar-refractivity contribution in [1.29, 1.82) is 0 Å². The van der Waals surface area contributed by atoms with Crippen LogP contribution in [0.4, 0.5) is 10.1 Å². The fourth-order valence-corrected chi connectivity index (χ4v) is 3.35. The maximum Gasteiger partial charge on any atom is 0.275 e. The minimum Gasteiger partial charge on any atom is -0.404 e. The maximum absolute atomic E-state index is 14.8. The van der Waals surface area contributed by atoms with Crippen molar-refractivity contribution in [3.05, 3.63) is 86.0 Å². The minimum atomic E-state index is -0.748. The number of rotatable bonds is 4. The summed E-state index contributed by atoms with van der Waals surface area (Å²) in [5.74, 6) is -0.748. The molecule has 1 aromatic heterocycles. The zero-order valence-corrected chi connectivity index (χ0v) is 16.1. The molecule has 146 valence electrons. The molecule has 3 rings (SSSR count). The van der Waals surface area contributed by atoms with Gasteiger partial charge in [0.2, 0.25) is 5.69 Å². The number of aromatic nitrogens is 2. The number of allylic oxidation sites excluding steroid dienone is 1. The van der Waals surface area contributed by atoms with Gasteiger partial charge in [0, 0.05) is 41.3 Å². The maximum atomic E-state index is 14.8. The molecule has 0 aliphatic heterocycles. The molecule has 3 aromatic rings. The lowest BCUT2D eigenvalue weighted by atomic mass is 9.93. The van der Waals surface area contributed by atoms with E-state index in [1.165, 1.54) is 19.3 Å². The van der Waals surface area contributed by atoms with Gasteiger partial charge >= 0.3 is 0 Å². The molecule has 0 amide bonds. The Hall–Kier alpha value is -3.54. The van der Waals surface area contributed by atoms with Gasteiger partial charge < -0.3 is 11.5 Å². The number of nitrogens with one attached hydrogen (secondary N) is 1. The number of aromatic amines is 1. The van der Waals surface area contributed by atoms with Crippen LogP contribution in [-0.4, -0.2) is 23.0 Å². The van der Waals surface area contributed by atoms with Crippen LogP contribution >= 0.6 is 11.6 Å². The lowest BCUT2D eigenvalue weighted by Gasteiger charge is -2.14. The first-order valence-electron chi connectivity index (χ1n) is 8.43. The van der Waals surface area contributed by atoms with Gasteiger partial charge in [0.25, 0.3) is 5.56 Å². The summed E-state index contributed by atoms with van der Waals surface area (Å²) in [6, 6.07) is 7.72. The van der Waals surface area contributed by atoms with E-state index in [2.05, 4.69) is 20.0 Å². The van der Waals surface area contributed by atoms with E-state index >= 15 is 0 Å². The fraction of sp³-hybridized carbons (Fsp3) is 0.100. The molecule has 0 saturated carbocycles. The molecule has 0 aliphatic rings. The third-order valence-corrected chi connectivity index (χ3v) is 4.73. The summed E-state index contributed by atoms with van der Waals surface area (Å²) in [7, 11) is 1.53. The van der Waals surface area contributed by atoms with Gasteiger partial charge in [-0.15, -0.1) is 0 Å². The Labute approximate surface area is 170 Å². The van der Waals surface area contributed by atoms with Crippen molar-refractivity contribution >= 4 is 39.3 Å². The molecule has 0 bridgehead atoms. The Morgan fingerprint density at radius 1 is 1.45 bits per heavy atom. The first-order chi connectivity index (χ1) is 14.0. The average Bonchev–Trinajstić information content (AvgIpc) is 2.71. The summed E-state index contributed by atoms with van der Waals surface area (Å²) in [6.45, 7) is 7.43. The van der Waals surface area contributed by atoms with Crippen LogP contribution in [0.2, 0.25) is 5.02 Å². The number of para-hydroxylation sites is 1. The second kappa shape index (κ2) is 8.22. The van der Waals surface area contributed by atoms with Gasteiger partial charge in [-0.25, -0.2) is 14.3 Å². The fourth-order valence-electron chi connectivity index (χ4n) is 3.13. The number of hydrogen-bond donors (Lipinski definition) is 3. The van der Waals surface area contributed by atoms with Crippen molar-refractivity contribution in [2.24, 2.45) is 16.5 Å². The second-order valence-electron chi connectivity index (χ2n) is 5.98. The quantitative estimate of drug-likeness (QED) is 0.452. The standard InChI is InChI=1S/C20H16ClFN6O/c1-25-18(11-4-3-5-14(21)19(11)26-2)13(8-23)10-6-12-16(9-24)27-28-20(29)17(12)15(22)7-10/h3-8H,9,23-24H2,1H3,(H,28,29)/b13-8-,25-18?. The van der Waals surface area contributed by atoms with Crippen LogP contribution in [0.3, 0.4) is 0 Å². The van der Waals surface area contributed by atoms with Crippen molar-refractivity contribution in [2.75, 3.05) is 7.05 Å². The molecule has 1 heterocycles. The number of halogens is 2. The van der Waals surface area contributed by atoms with Gasteiger partial charge in [0.1, 0.15) is 5.82 Å². The van der Waals surface area contributed by atoms with Gasteiger partial charge in [0.15, 0.2) is 0 Å². The molecule has 9 heteroatoms. The first-order valence-corrected chi connectivity index (χ1v) is 8.81. The number of H-pyrrole nitrogens is 1. The van der Waals surface area contributed by atoms with Crippen molar-refractivity contribution in [3.63, 3.8) is 0 Å². The van der Waals surface area contributed by atoms with Gasteiger partial charge in [-0.1, -0.05) is 29.8 Å². The summed E-state index contributed by atoms with van der Waals surface area (Å²) < 4.78 is 14.8. The smallest absolute Gasteiger partial charge is 0.275 e. The Morgan fingerprint density at radius 3 is 2.83 bits per heavy atom. The number of nitrogens with two attached hydrogens (primary N) is 2. The predicted octanol–water partition coefficient (Wildman–Crippen LogP) is 3.14. The second-order valence-corrected chi connectivity index (χ2v) is 6.39. The highest BCUT2D eigenvalue weighted by atomic mass is 35.5. The molecule has 0 fully saturated rings. The largest absolute Gasteiger partial charge is 0.404 e. The van der Waals surface area contributed by atoms with Crippen molar-refractivity contribution in [1.82, 2.24) is 10.2 Å². The summed E-state index contributed by atoms with van der Waals surface area (Å²) >= 11 is 6.14. The highest BCUT2D eigenvalue weighted by Crippen LogP contribution is 2.34. The molecule has 7 nitrogen and oxygen atoms in total. The number of benzene rings is 2. The van der Waals surface area contributed by atoms with E-state index in [1.54, 1.807) is 24.3 Å². The van der Waals surface area contributed by atoms with E-state index in [0.717, 1.165) is 0 Å². The van der Waals surface area contributed by atoms with Crippen LogP contribution in [0.15, 0.2) is 46.3 Å². The van der Waals surface area contributed by atoms with Gasteiger partial charge in [0.05, 0.1) is 23.4 Å². The topological polar surface area (TPSA) is 115 Å². The van der Waals surface area contributed by atoms with E-state index in [1.807, 2.05) is 0 Å². The van der Waals surface area contributed by atoms with E-state index < -0.39 is 11.4 Å². The zero-order chi connectivity index (χ0) is 21.1. The molecular weight excluding hydrogens is 395 g/mol. The zero-order valence-electron chi connectivity index (χ0n) is 15.3. The van der Waals surface area contributed by atoms with E-state index in [-0.39, 0.29) is 28.0 Å². The van der Waals surface area contributed by atoms with Gasteiger partial charge in [-0.2, -0.15) is 5.10 Å². The van der Waals surface area contributed by atoms with Crippen LogP contribution < -0.4 is 17.0 Å². The van der Waals surface area contributed by atoms with Crippen molar-refractivity contribution in [3.8, 4) is 0 Å². The monoisotopic (exact) mass is 410 g/mol. The van der Waals surface area contributed by atoms with Crippen LogP contribution in [0.5, 0.6) is 0 Å². The van der Waals surface area contributed by atoms with Crippen LogP contribution in [-0.2, 0) is 6.54 Å². The molecule has 5 N–H and O–H groups in total. The Kier molecular flexibility index (Phi) is 5.73.